The van der Waals surface area contributed by atoms with Gasteiger partial charge in [-0.15, -0.1) is 0 Å². The first-order valence-electron chi connectivity index (χ1n) is 8.85. The Morgan fingerprint density at radius 3 is 2.45 bits per heavy atom. The third-order valence-electron chi connectivity index (χ3n) is 5.19. The molecule has 2 fully saturated rings. The van der Waals surface area contributed by atoms with Gasteiger partial charge in [-0.05, 0) is 56.3 Å². The average Bonchev–Trinajstić information content (AvgIpc) is 3.39. The van der Waals surface area contributed by atoms with E-state index in [2.05, 4.69) is 47.5 Å². The van der Waals surface area contributed by atoms with Crippen molar-refractivity contribution in [3.63, 3.8) is 0 Å². The summed E-state index contributed by atoms with van der Waals surface area (Å²) in [7, 11) is 0. The van der Waals surface area contributed by atoms with Gasteiger partial charge in [-0.1, -0.05) is 49.6 Å². The van der Waals surface area contributed by atoms with Crippen molar-refractivity contribution in [3.8, 4) is 0 Å². The zero-order valence-electron chi connectivity index (χ0n) is 13.6. The molecule has 1 aromatic rings. The Bertz CT molecular complexity index is 477. The minimum Gasteiger partial charge on any atom is -0.360 e. The average molecular weight is 317 g/mol. The first-order valence-corrected chi connectivity index (χ1v) is 9.26. The predicted octanol–water partition coefficient (Wildman–Crippen LogP) is 4.49. The van der Waals surface area contributed by atoms with Crippen molar-refractivity contribution in [2.24, 2.45) is 5.92 Å². The molecule has 0 aromatic heterocycles. The van der Waals surface area contributed by atoms with E-state index in [0.29, 0.717) is 12.1 Å². The normalized spacial score (nSPS) is 20.4. The van der Waals surface area contributed by atoms with Crippen LogP contribution < -0.4 is 5.32 Å². The summed E-state index contributed by atoms with van der Waals surface area (Å²) in [5, 5.41) is 4.63. The van der Waals surface area contributed by atoms with Crippen LogP contribution >= 0.6 is 12.2 Å². The Hall–Kier alpha value is -1.09. The van der Waals surface area contributed by atoms with Crippen LogP contribution in [0.1, 0.15) is 57.4 Å². The second-order valence-electron chi connectivity index (χ2n) is 6.98. The maximum atomic E-state index is 5.79. The lowest BCUT2D eigenvalue weighted by molar-refractivity contribution is 0.281. The van der Waals surface area contributed by atoms with Crippen molar-refractivity contribution < 1.29 is 0 Å². The second-order valence-corrected chi connectivity index (χ2v) is 7.36. The van der Waals surface area contributed by atoms with E-state index in [0.717, 1.165) is 17.6 Å². The summed E-state index contributed by atoms with van der Waals surface area (Å²) in [5.74, 6) is 0.829. The van der Waals surface area contributed by atoms with Gasteiger partial charge in [-0.3, -0.25) is 0 Å². The fourth-order valence-electron chi connectivity index (χ4n) is 3.52. The highest BCUT2D eigenvalue weighted by Crippen LogP contribution is 2.35. The monoisotopic (exact) mass is 316 g/mol. The second kappa shape index (κ2) is 7.45. The van der Waals surface area contributed by atoms with E-state index in [1.807, 2.05) is 0 Å². The Kier molecular flexibility index (Phi) is 5.35. The molecular weight excluding hydrogens is 288 g/mol. The van der Waals surface area contributed by atoms with Gasteiger partial charge in [0.05, 0.1) is 0 Å². The summed E-state index contributed by atoms with van der Waals surface area (Å²) in [6, 6.07) is 11.9. The zero-order chi connectivity index (χ0) is 15.4. The van der Waals surface area contributed by atoms with Crippen LogP contribution in [0.5, 0.6) is 0 Å². The lowest BCUT2D eigenvalue weighted by atomic mass is 9.96. The van der Waals surface area contributed by atoms with Gasteiger partial charge < -0.3 is 10.2 Å². The number of nitrogens with zero attached hydrogens (tertiary/aromatic N) is 1. The molecule has 0 aliphatic heterocycles. The van der Waals surface area contributed by atoms with Gasteiger partial charge in [0.15, 0.2) is 5.11 Å². The molecule has 2 nitrogen and oxygen atoms in total. The van der Waals surface area contributed by atoms with E-state index in [4.69, 9.17) is 12.2 Å². The van der Waals surface area contributed by atoms with Crippen molar-refractivity contribution >= 4 is 17.3 Å². The molecule has 2 aliphatic carbocycles. The number of hydrogen-bond donors (Lipinski definition) is 1. The largest absolute Gasteiger partial charge is 0.360 e. The van der Waals surface area contributed by atoms with Gasteiger partial charge in [0.2, 0.25) is 0 Å². The molecule has 2 aliphatic rings. The maximum absolute atomic E-state index is 5.79. The van der Waals surface area contributed by atoms with Gasteiger partial charge in [-0.2, -0.15) is 0 Å². The minimum absolute atomic E-state index is 0.545. The van der Waals surface area contributed by atoms with E-state index in [1.165, 1.54) is 50.5 Å². The van der Waals surface area contributed by atoms with Gasteiger partial charge in [-0.25, -0.2) is 0 Å². The highest BCUT2D eigenvalue weighted by Gasteiger charge is 2.33. The van der Waals surface area contributed by atoms with Crippen LogP contribution in [0.4, 0.5) is 0 Å². The predicted molar refractivity (Wildman–Crippen MR) is 96.8 cm³/mol. The number of hydrogen-bond acceptors (Lipinski definition) is 1. The molecule has 22 heavy (non-hydrogen) atoms. The van der Waals surface area contributed by atoms with Crippen molar-refractivity contribution in [3.05, 3.63) is 35.9 Å². The van der Waals surface area contributed by atoms with E-state index in [1.54, 1.807) is 0 Å². The third kappa shape index (κ3) is 4.22. The molecular formula is C19H28N2S. The number of nitrogens with one attached hydrogen (secondary N) is 1. The lowest BCUT2D eigenvalue weighted by Gasteiger charge is -2.35. The van der Waals surface area contributed by atoms with Crippen molar-refractivity contribution in [1.29, 1.82) is 0 Å². The van der Waals surface area contributed by atoms with E-state index >= 15 is 0 Å². The Morgan fingerprint density at radius 2 is 1.82 bits per heavy atom. The minimum atomic E-state index is 0.545. The van der Waals surface area contributed by atoms with E-state index < -0.39 is 0 Å². The zero-order valence-corrected chi connectivity index (χ0v) is 14.4. The first kappa shape index (κ1) is 15.8. The molecule has 0 radical (unpaired) electrons. The number of thiocarbonyl (C=S) groups is 1. The van der Waals surface area contributed by atoms with Crippen LogP contribution in [0.2, 0.25) is 0 Å². The molecule has 0 spiro atoms. The van der Waals surface area contributed by atoms with Crippen LogP contribution in [0, 0.1) is 5.92 Å². The summed E-state index contributed by atoms with van der Waals surface area (Å²) < 4.78 is 0. The topological polar surface area (TPSA) is 15.3 Å². The molecule has 1 aromatic carbocycles. The molecule has 3 heteroatoms. The van der Waals surface area contributed by atoms with Crippen LogP contribution in [0.25, 0.3) is 0 Å². The lowest BCUT2D eigenvalue weighted by Crippen LogP contribution is -2.49. The van der Waals surface area contributed by atoms with Gasteiger partial charge in [0.25, 0.3) is 0 Å². The standard InChI is InChI=1S/C19H28N2S/c1-15(17-12-13-17)21(14-16-8-4-2-5-9-16)19(22)20-18-10-6-3-7-11-18/h2,4-5,8-9,15,17-18H,3,6-7,10-14H2,1H3,(H,20,22)/t15-/m1/s1. The number of benzene rings is 1. The quantitative estimate of drug-likeness (QED) is 0.806. The van der Waals surface area contributed by atoms with Crippen LogP contribution in [-0.2, 0) is 6.54 Å². The van der Waals surface area contributed by atoms with Gasteiger partial charge >= 0.3 is 0 Å². The third-order valence-corrected chi connectivity index (χ3v) is 5.54. The Balaban J connectivity index is 1.65. The Morgan fingerprint density at radius 1 is 1.14 bits per heavy atom. The van der Waals surface area contributed by atoms with Crippen molar-refractivity contribution in [2.75, 3.05) is 0 Å². The summed E-state index contributed by atoms with van der Waals surface area (Å²) in [6.07, 6.45) is 9.34. The molecule has 3 rings (SSSR count). The molecule has 120 valence electrons. The fraction of sp³-hybridized carbons (Fsp3) is 0.632. The highest BCUT2D eigenvalue weighted by molar-refractivity contribution is 7.80. The SMILES string of the molecule is C[C@H](C1CC1)N(Cc1ccccc1)C(=S)NC1CCCCC1. The first-order chi connectivity index (χ1) is 10.7. The summed E-state index contributed by atoms with van der Waals surface area (Å²) in [4.78, 5) is 2.43. The molecule has 0 heterocycles. The van der Waals surface area contributed by atoms with Crippen molar-refractivity contribution in [2.45, 2.75) is 70.5 Å². The van der Waals surface area contributed by atoms with Crippen molar-refractivity contribution in [1.82, 2.24) is 10.2 Å². The molecule has 1 atom stereocenters. The Labute approximate surface area is 140 Å². The smallest absolute Gasteiger partial charge is 0.169 e. The summed E-state index contributed by atoms with van der Waals surface area (Å²) >= 11 is 5.79. The number of rotatable bonds is 5. The highest BCUT2D eigenvalue weighted by atomic mass is 32.1. The van der Waals surface area contributed by atoms with Crippen LogP contribution in [-0.4, -0.2) is 22.1 Å². The summed E-state index contributed by atoms with van der Waals surface area (Å²) in [6.45, 7) is 3.27. The maximum Gasteiger partial charge on any atom is 0.169 e. The fourth-order valence-corrected chi connectivity index (χ4v) is 3.92. The molecule has 0 saturated heterocycles. The van der Waals surface area contributed by atoms with E-state index in [9.17, 15) is 0 Å². The van der Waals surface area contributed by atoms with Crippen LogP contribution in [0.15, 0.2) is 30.3 Å². The molecule has 1 N–H and O–H groups in total. The summed E-state index contributed by atoms with van der Waals surface area (Å²) in [5.41, 5.74) is 1.35. The van der Waals surface area contributed by atoms with Gasteiger partial charge in [0.1, 0.15) is 0 Å². The molecule has 0 amide bonds. The van der Waals surface area contributed by atoms with Crippen LogP contribution in [0.3, 0.4) is 0 Å². The molecule has 2 saturated carbocycles. The van der Waals surface area contributed by atoms with E-state index in [-0.39, 0.29) is 0 Å². The molecule has 0 unspecified atom stereocenters. The van der Waals surface area contributed by atoms with Gasteiger partial charge in [0, 0.05) is 18.6 Å². The molecule has 0 bridgehead atoms.